The Labute approximate surface area is 438 Å². The van der Waals surface area contributed by atoms with Gasteiger partial charge in [0.1, 0.15) is 23.0 Å². The zero-order chi connectivity index (χ0) is 52.3. The molecule has 6 rings (SSSR count). The second-order valence-corrected chi connectivity index (χ2v) is 19.0. The van der Waals surface area contributed by atoms with Crippen LogP contribution in [0.5, 0.6) is 23.0 Å². The van der Waals surface area contributed by atoms with Crippen LogP contribution in [0, 0.1) is 0 Å². The smallest absolute Gasteiger partial charge is 0.343 e. The number of unbranched alkanes of at least 4 members (excludes halogenated alkanes) is 11. The molecule has 0 aliphatic carbocycles. The molecule has 0 heterocycles. The summed E-state index contributed by atoms with van der Waals surface area (Å²) in [5.41, 5.74) is 5.65. The van der Waals surface area contributed by atoms with Crippen molar-refractivity contribution < 1.29 is 47.6 Å². The first-order chi connectivity index (χ1) is 36.1. The molecule has 6 aromatic rings. The lowest BCUT2D eigenvalue weighted by Crippen LogP contribution is -2.15. The molecule has 0 aliphatic rings. The standard InChI is InChI=1S/C64H74O10/c1-5-7-9-15-19-47(3)71-61(65)53-25-21-49(22-26-53)51-29-41-59(42-30-51)73-63(67)55-33-37-57(38-34-55)69-45-17-13-11-12-14-18-46-70-58-39-35-56(36-40-58)64(68)74-60-43-31-52(32-44-60)50-23-27-54(28-24-50)62(66)72-48(4)20-16-10-8-6-2/h21-44,47-48H,5-20,45-46H2,1-4H3. The van der Waals surface area contributed by atoms with Crippen LogP contribution in [0.2, 0.25) is 0 Å². The van der Waals surface area contributed by atoms with E-state index in [-0.39, 0.29) is 24.1 Å². The van der Waals surface area contributed by atoms with Crippen molar-refractivity contribution in [2.24, 2.45) is 0 Å². The Hall–Kier alpha value is -7.20. The van der Waals surface area contributed by atoms with Crippen molar-refractivity contribution in [1.29, 1.82) is 0 Å². The summed E-state index contributed by atoms with van der Waals surface area (Å²) in [6, 6.07) is 43.2. The van der Waals surface area contributed by atoms with Gasteiger partial charge in [-0.15, -0.1) is 0 Å². The highest BCUT2D eigenvalue weighted by atomic mass is 16.6. The Morgan fingerprint density at radius 3 is 0.932 bits per heavy atom. The van der Waals surface area contributed by atoms with E-state index in [1.54, 1.807) is 97.1 Å². The predicted molar refractivity (Wildman–Crippen MR) is 293 cm³/mol. The molecule has 74 heavy (non-hydrogen) atoms. The van der Waals surface area contributed by atoms with Crippen molar-refractivity contribution in [2.45, 2.75) is 143 Å². The van der Waals surface area contributed by atoms with Crippen LogP contribution in [0.4, 0.5) is 0 Å². The Balaban J connectivity index is 0.792. The second-order valence-electron chi connectivity index (χ2n) is 19.0. The van der Waals surface area contributed by atoms with E-state index in [2.05, 4.69) is 13.8 Å². The fourth-order valence-electron chi connectivity index (χ4n) is 8.36. The van der Waals surface area contributed by atoms with Gasteiger partial charge in [-0.05, 0) is 172 Å². The average Bonchev–Trinajstić information content (AvgIpc) is 3.42. The normalized spacial score (nSPS) is 11.8. The molecule has 0 bridgehead atoms. The molecule has 0 saturated heterocycles. The van der Waals surface area contributed by atoms with Crippen LogP contribution in [0.1, 0.15) is 172 Å². The summed E-state index contributed by atoms with van der Waals surface area (Å²) < 4.78 is 34.4. The van der Waals surface area contributed by atoms with Gasteiger partial charge in [0.05, 0.1) is 47.7 Å². The maximum absolute atomic E-state index is 12.9. The van der Waals surface area contributed by atoms with Gasteiger partial charge in [-0.25, -0.2) is 19.2 Å². The maximum Gasteiger partial charge on any atom is 0.343 e. The van der Waals surface area contributed by atoms with Gasteiger partial charge in [0, 0.05) is 0 Å². The lowest BCUT2D eigenvalue weighted by Gasteiger charge is -2.13. The van der Waals surface area contributed by atoms with Crippen molar-refractivity contribution >= 4 is 23.9 Å². The largest absolute Gasteiger partial charge is 0.494 e. The third-order valence-corrected chi connectivity index (χ3v) is 12.8. The molecule has 2 unspecified atom stereocenters. The lowest BCUT2D eigenvalue weighted by atomic mass is 10.0. The number of carbonyl (C=O) groups is 4. The highest BCUT2D eigenvalue weighted by molar-refractivity contribution is 5.93. The number of ether oxygens (including phenoxy) is 6. The minimum absolute atomic E-state index is 0.111. The topological polar surface area (TPSA) is 124 Å². The van der Waals surface area contributed by atoms with E-state index in [9.17, 15) is 19.2 Å². The van der Waals surface area contributed by atoms with E-state index in [0.717, 1.165) is 99.3 Å². The highest BCUT2D eigenvalue weighted by Gasteiger charge is 2.16. The first kappa shape index (κ1) is 56.1. The SMILES string of the molecule is CCCCCCC(C)OC(=O)c1ccc(-c2ccc(OC(=O)c3ccc(OCCCCCCCCOc4ccc(C(=O)Oc5ccc(-c6ccc(C(=O)OC(C)CCCCCC)cc6)cc5)cc4)cc3)cc2)cc1. The summed E-state index contributed by atoms with van der Waals surface area (Å²) in [4.78, 5) is 51.0. The van der Waals surface area contributed by atoms with Crippen molar-refractivity contribution in [3.63, 3.8) is 0 Å². The third kappa shape index (κ3) is 19.0. The van der Waals surface area contributed by atoms with Crippen LogP contribution in [-0.2, 0) is 9.47 Å². The van der Waals surface area contributed by atoms with Crippen LogP contribution < -0.4 is 18.9 Å². The van der Waals surface area contributed by atoms with Gasteiger partial charge in [0.25, 0.3) is 0 Å². The predicted octanol–water partition coefficient (Wildman–Crippen LogP) is 16.3. The molecule has 10 nitrogen and oxygen atoms in total. The molecule has 2 atom stereocenters. The molecule has 0 radical (unpaired) electrons. The van der Waals surface area contributed by atoms with E-state index in [1.165, 1.54) is 25.7 Å². The molecular formula is C64H74O10. The van der Waals surface area contributed by atoms with Gasteiger partial charge in [-0.1, -0.05) is 127 Å². The summed E-state index contributed by atoms with van der Waals surface area (Å²) in [5.74, 6) is 0.755. The lowest BCUT2D eigenvalue weighted by molar-refractivity contribution is 0.0309. The van der Waals surface area contributed by atoms with E-state index in [1.807, 2.05) is 62.4 Å². The van der Waals surface area contributed by atoms with Crippen molar-refractivity contribution in [3.8, 4) is 45.3 Å². The fourth-order valence-corrected chi connectivity index (χ4v) is 8.36. The van der Waals surface area contributed by atoms with Crippen LogP contribution in [0.15, 0.2) is 146 Å². The fraction of sp³-hybridized carbons (Fsp3) is 0.375. The van der Waals surface area contributed by atoms with Crippen LogP contribution in [0.25, 0.3) is 22.3 Å². The maximum atomic E-state index is 12.9. The van der Waals surface area contributed by atoms with Gasteiger partial charge < -0.3 is 28.4 Å². The minimum atomic E-state index is -0.452. The van der Waals surface area contributed by atoms with Crippen LogP contribution >= 0.6 is 0 Å². The first-order valence-corrected chi connectivity index (χ1v) is 26.8. The molecular weight excluding hydrogens is 929 g/mol. The molecule has 0 fully saturated rings. The number of hydrogen-bond donors (Lipinski definition) is 0. The molecule has 0 aromatic heterocycles. The zero-order valence-electron chi connectivity index (χ0n) is 43.8. The third-order valence-electron chi connectivity index (χ3n) is 12.8. The Bertz CT molecular complexity index is 2420. The van der Waals surface area contributed by atoms with Gasteiger partial charge in [0.2, 0.25) is 0 Å². The van der Waals surface area contributed by atoms with E-state index in [0.29, 0.717) is 58.5 Å². The molecule has 0 amide bonds. The number of benzene rings is 6. The highest BCUT2D eigenvalue weighted by Crippen LogP contribution is 2.27. The van der Waals surface area contributed by atoms with E-state index in [4.69, 9.17) is 28.4 Å². The van der Waals surface area contributed by atoms with Gasteiger partial charge in [0.15, 0.2) is 0 Å². The molecule has 10 heteroatoms. The van der Waals surface area contributed by atoms with Gasteiger partial charge in [-0.2, -0.15) is 0 Å². The quantitative estimate of drug-likeness (QED) is 0.0236. The van der Waals surface area contributed by atoms with Crippen molar-refractivity contribution in [2.75, 3.05) is 13.2 Å². The van der Waals surface area contributed by atoms with Gasteiger partial charge in [-0.3, -0.25) is 0 Å². The minimum Gasteiger partial charge on any atom is -0.494 e. The summed E-state index contributed by atoms with van der Waals surface area (Å²) in [6.45, 7) is 9.44. The molecule has 0 aliphatic heterocycles. The zero-order valence-corrected chi connectivity index (χ0v) is 43.8. The molecule has 390 valence electrons. The molecule has 0 spiro atoms. The average molecular weight is 1000 g/mol. The van der Waals surface area contributed by atoms with Crippen LogP contribution in [-0.4, -0.2) is 49.3 Å². The number of hydrogen-bond acceptors (Lipinski definition) is 10. The Morgan fingerprint density at radius 2 is 0.595 bits per heavy atom. The summed E-state index contributed by atoms with van der Waals surface area (Å²) in [5, 5.41) is 0. The van der Waals surface area contributed by atoms with E-state index < -0.39 is 11.9 Å². The summed E-state index contributed by atoms with van der Waals surface area (Å²) >= 11 is 0. The molecule has 6 aromatic carbocycles. The summed E-state index contributed by atoms with van der Waals surface area (Å²) in [7, 11) is 0. The molecule has 0 saturated carbocycles. The van der Waals surface area contributed by atoms with Gasteiger partial charge >= 0.3 is 23.9 Å². The number of rotatable bonds is 31. The number of carbonyl (C=O) groups excluding carboxylic acids is 4. The Morgan fingerprint density at radius 1 is 0.324 bits per heavy atom. The monoisotopic (exact) mass is 1000 g/mol. The molecule has 0 N–H and O–H groups in total. The van der Waals surface area contributed by atoms with Crippen molar-refractivity contribution in [1.82, 2.24) is 0 Å². The Kier molecular flexibility index (Phi) is 23.3. The number of esters is 4. The van der Waals surface area contributed by atoms with Crippen LogP contribution in [0.3, 0.4) is 0 Å². The second kappa shape index (κ2) is 30.7. The summed E-state index contributed by atoms with van der Waals surface area (Å²) in [6.07, 6.45) is 16.9. The van der Waals surface area contributed by atoms with E-state index >= 15 is 0 Å². The van der Waals surface area contributed by atoms with Crippen molar-refractivity contribution in [3.05, 3.63) is 168 Å². The first-order valence-electron chi connectivity index (χ1n) is 26.8.